The summed E-state index contributed by atoms with van der Waals surface area (Å²) in [6.07, 6.45) is 6.91. The Balaban J connectivity index is 1.92. The minimum Gasteiger partial charge on any atom is -0.350 e. The van der Waals surface area contributed by atoms with E-state index >= 15 is 0 Å². The van der Waals surface area contributed by atoms with Crippen molar-refractivity contribution >= 4 is 5.91 Å². The summed E-state index contributed by atoms with van der Waals surface area (Å²) in [5.74, 6) is 0.208. The smallest absolute Gasteiger partial charge is 0.247 e. The Hall–Kier alpha value is -0.790. The molecule has 72 valence electrons. The molecule has 1 saturated carbocycles. The van der Waals surface area contributed by atoms with E-state index in [1.54, 1.807) is 0 Å². The molecule has 2 aliphatic carbocycles. The van der Waals surface area contributed by atoms with E-state index < -0.39 is 0 Å². The van der Waals surface area contributed by atoms with Crippen LogP contribution in [0, 0.1) is 0 Å². The highest BCUT2D eigenvalue weighted by Gasteiger charge is 2.23. The van der Waals surface area contributed by atoms with E-state index in [0.29, 0.717) is 6.04 Å². The zero-order chi connectivity index (χ0) is 9.26. The van der Waals surface area contributed by atoms with Gasteiger partial charge in [0.1, 0.15) is 0 Å². The normalized spacial score (nSPS) is 23.2. The molecule has 2 nitrogen and oxygen atoms in total. The van der Waals surface area contributed by atoms with Gasteiger partial charge in [-0.2, -0.15) is 0 Å². The molecule has 2 heteroatoms. The van der Waals surface area contributed by atoms with Crippen molar-refractivity contribution in [3.05, 3.63) is 11.1 Å². The van der Waals surface area contributed by atoms with Crippen molar-refractivity contribution in [2.75, 3.05) is 0 Å². The van der Waals surface area contributed by atoms with Crippen molar-refractivity contribution in [1.29, 1.82) is 0 Å². The second-order valence-corrected chi connectivity index (χ2v) is 4.21. The largest absolute Gasteiger partial charge is 0.350 e. The minimum atomic E-state index is 0.208. The third-order valence-corrected chi connectivity index (χ3v) is 3.21. The molecule has 0 bridgehead atoms. The summed E-state index contributed by atoms with van der Waals surface area (Å²) in [5, 5.41) is 3.09. The Morgan fingerprint density at radius 3 is 2.54 bits per heavy atom. The van der Waals surface area contributed by atoms with Gasteiger partial charge in [0.2, 0.25) is 5.91 Å². The van der Waals surface area contributed by atoms with Crippen LogP contribution in [0.4, 0.5) is 0 Å². The average Bonchev–Trinajstić information content (AvgIpc) is 2.43. The van der Waals surface area contributed by atoms with Gasteiger partial charge in [-0.05, 0) is 45.4 Å². The van der Waals surface area contributed by atoms with Crippen LogP contribution in [0.1, 0.15) is 45.4 Å². The van der Waals surface area contributed by atoms with E-state index in [9.17, 15) is 4.79 Å². The van der Waals surface area contributed by atoms with Crippen LogP contribution in [0.15, 0.2) is 11.1 Å². The fraction of sp³-hybridized carbons (Fsp3) is 0.727. The highest BCUT2D eigenvalue weighted by atomic mass is 16.1. The van der Waals surface area contributed by atoms with Crippen molar-refractivity contribution in [2.24, 2.45) is 0 Å². The van der Waals surface area contributed by atoms with Crippen LogP contribution in [-0.2, 0) is 4.79 Å². The Morgan fingerprint density at radius 1 is 1.31 bits per heavy atom. The Morgan fingerprint density at radius 2 is 2.08 bits per heavy atom. The Bertz CT molecular complexity index is 251. The predicted molar refractivity (Wildman–Crippen MR) is 52.3 cm³/mol. The molecular formula is C11H17NO. The average molecular weight is 179 g/mol. The third-order valence-electron chi connectivity index (χ3n) is 3.21. The molecule has 0 aromatic carbocycles. The van der Waals surface area contributed by atoms with E-state index in [0.717, 1.165) is 18.4 Å². The summed E-state index contributed by atoms with van der Waals surface area (Å²) in [5.41, 5.74) is 2.36. The van der Waals surface area contributed by atoms with Gasteiger partial charge in [-0.15, -0.1) is 0 Å². The van der Waals surface area contributed by atoms with E-state index in [2.05, 4.69) is 12.2 Å². The Kier molecular flexibility index (Phi) is 2.38. The molecule has 13 heavy (non-hydrogen) atoms. The number of carbonyl (C=O) groups is 1. The topological polar surface area (TPSA) is 29.1 Å². The van der Waals surface area contributed by atoms with E-state index in [-0.39, 0.29) is 5.91 Å². The van der Waals surface area contributed by atoms with Gasteiger partial charge in [0.15, 0.2) is 0 Å². The fourth-order valence-corrected chi connectivity index (χ4v) is 2.03. The quantitative estimate of drug-likeness (QED) is 0.691. The number of hydrogen-bond donors (Lipinski definition) is 1. The first-order chi connectivity index (χ1) is 6.27. The lowest BCUT2D eigenvalue weighted by Gasteiger charge is -2.26. The molecule has 0 aliphatic heterocycles. The van der Waals surface area contributed by atoms with Crippen LogP contribution in [0.25, 0.3) is 0 Å². The number of amides is 1. The predicted octanol–water partition coefficient (Wildman–Crippen LogP) is 2.16. The van der Waals surface area contributed by atoms with Gasteiger partial charge in [-0.3, -0.25) is 4.79 Å². The first-order valence-corrected chi connectivity index (χ1v) is 5.27. The molecule has 0 saturated heterocycles. The highest BCUT2D eigenvalue weighted by Crippen LogP contribution is 2.26. The maximum Gasteiger partial charge on any atom is 0.247 e. The molecule has 0 spiro atoms. The molecule has 0 aromatic rings. The number of nitrogens with one attached hydrogen (secondary N) is 1. The molecule has 2 aliphatic rings. The van der Waals surface area contributed by atoms with Crippen LogP contribution in [-0.4, -0.2) is 11.9 Å². The molecule has 1 N–H and O–H groups in total. The van der Waals surface area contributed by atoms with Gasteiger partial charge in [0, 0.05) is 11.6 Å². The molecule has 1 amide bonds. The van der Waals surface area contributed by atoms with Gasteiger partial charge in [0.25, 0.3) is 0 Å². The Labute approximate surface area is 79.4 Å². The second kappa shape index (κ2) is 3.52. The first-order valence-electron chi connectivity index (χ1n) is 5.27. The molecule has 0 unspecified atom stereocenters. The van der Waals surface area contributed by atoms with Crippen LogP contribution >= 0.6 is 0 Å². The molecule has 0 heterocycles. The maximum atomic E-state index is 11.7. The van der Waals surface area contributed by atoms with E-state index in [4.69, 9.17) is 0 Å². The number of hydrogen-bond acceptors (Lipinski definition) is 1. The minimum absolute atomic E-state index is 0.208. The lowest BCUT2D eigenvalue weighted by atomic mass is 9.93. The van der Waals surface area contributed by atoms with Crippen molar-refractivity contribution in [1.82, 2.24) is 5.32 Å². The van der Waals surface area contributed by atoms with Gasteiger partial charge >= 0.3 is 0 Å². The van der Waals surface area contributed by atoms with Crippen LogP contribution in [0.5, 0.6) is 0 Å². The standard InChI is InChI=1S/C11H17NO/c1-8-4-2-7-10(8)11(13)12-9-5-3-6-9/h9H,2-7H2,1H3,(H,12,13). The van der Waals surface area contributed by atoms with Crippen LogP contribution in [0.2, 0.25) is 0 Å². The number of allylic oxidation sites excluding steroid dienone is 1. The lowest BCUT2D eigenvalue weighted by Crippen LogP contribution is -2.40. The maximum absolute atomic E-state index is 11.7. The SMILES string of the molecule is CC1=C(C(=O)NC2CCC2)CCC1. The van der Waals surface area contributed by atoms with E-state index in [1.807, 2.05) is 0 Å². The van der Waals surface area contributed by atoms with E-state index in [1.165, 1.54) is 31.3 Å². The fourth-order valence-electron chi connectivity index (χ4n) is 2.03. The summed E-state index contributed by atoms with van der Waals surface area (Å²) in [4.78, 5) is 11.7. The van der Waals surface area contributed by atoms with Crippen molar-refractivity contribution < 1.29 is 4.79 Å². The van der Waals surface area contributed by atoms with Crippen molar-refractivity contribution in [3.63, 3.8) is 0 Å². The summed E-state index contributed by atoms with van der Waals surface area (Å²) >= 11 is 0. The third kappa shape index (κ3) is 1.77. The van der Waals surface area contributed by atoms with Gasteiger partial charge in [0.05, 0.1) is 0 Å². The lowest BCUT2D eigenvalue weighted by molar-refractivity contribution is -0.118. The summed E-state index contributed by atoms with van der Waals surface area (Å²) in [6.45, 7) is 2.09. The molecule has 0 aromatic heterocycles. The first kappa shape index (κ1) is 8.79. The molecule has 2 rings (SSSR count). The molecule has 0 radical (unpaired) electrons. The van der Waals surface area contributed by atoms with Gasteiger partial charge in [-0.25, -0.2) is 0 Å². The zero-order valence-electron chi connectivity index (χ0n) is 8.23. The molecule has 1 fully saturated rings. The van der Waals surface area contributed by atoms with Crippen LogP contribution < -0.4 is 5.32 Å². The summed E-state index contributed by atoms with van der Waals surface area (Å²) < 4.78 is 0. The number of carbonyl (C=O) groups excluding carboxylic acids is 1. The van der Waals surface area contributed by atoms with Gasteiger partial charge < -0.3 is 5.32 Å². The zero-order valence-corrected chi connectivity index (χ0v) is 8.23. The van der Waals surface area contributed by atoms with Crippen molar-refractivity contribution in [3.8, 4) is 0 Å². The molecule has 0 atom stereocenters. The van der Waals surface area contributed by atoms with Gasteiger partial charge in [-0.1, -0.05) is 5.57 Å². The monoisotopic (exact) mass is 179 g/mol. The summed E-state index contributed by atoms with van der Waals surface area (Å²) in [6, 6.07) is 0.480. The molecular weight excluding hydrogens is 162 g/mol. The van der Waals surface area contributed by atoms with Crippen molar-refractivity contribution in [2.45, 2.75) is 51.5 Å². The number of rotatable bonds is 2. The summed E-state index contributed by atoms with van der Waals surface area (Å²) in [7, 11) is 0. The highest BCUT2D eigenvalue weighted by molar-refractivity contribution is 5.94. The second-order valence-electron chi connectivity index (χ2n) is 4.21. The van der Waals surface area contributed by atoms with Crippen LogP contribution in [0.3, 0.4) is 0 Å².